The van der Waals surface area contributed by atoms with Crippen molar-refractivity contribution in [1.82, 2.24) is 4.90 Å². The molecule has 1 aromatic carbocycles. The van der Waals surface area contributed by atoms with Gasteiger partial charge in [-0.2, -0.15) is 0 Å². The number of esters is 2. The molecular weight excluding hydrogens is 376 g/mol. The van der Waals surface area contributed by atoms with Crippen LogP contribution in [-0.2, 0) is 23.9 Å². The Kier molecular flexibility index (Phi) is 6.85. The molecule has 0 bridgehead atoms. The van der Waals surface area contributed by atoms with Crippen LogP contribution in [0, 0.1) is 0 Å². The van der Waals surface area contributed by atoms with E-state index in [2.05, 4.69) is 0 Å². The van der Waals surface area contributed by atoms with Crippen molar-refractivity contribution in [3.8, 4) is 0 Å². The average Bonchev–Trinajstić information content (AvgIpc) is 3.18. The molecule has 2 saturated heterocycles. The number of hydrogen-bond donors (Lipinski definition) is 0. The van der Waals surface area contributed by atoms with Gasteiger partial charge in [0, 0.05) is 25.2 Å². The molecule has 8 heteroatoms. The number of rotatable bonds is 6. The van der Waals surface area contributed by atoms with Gasteiger partial charge in [0.25, 0.3) is 5.91 Å². The normalized spacial score (nSPS) is 19.2. The molecule has 0 aliphatic carbocycles. The summed E-state index contributed by atoms with van der Waals surface area (Å²) in [7, 11) is 0. The fraction of sp³-hybridized carbons (Fsp3) is 0.524. The van der Waals surface area contributed by atoms with Crippen LogP contribution >= 0.6 is 0 Å². The summed E-state index contributed by atoms with van der Waals surface area (Å²) in [5.41, 5.74) is 1.04. The summed E-state index contributed by atoms with van der Waals surface area (Å²) in [6.07, 6.45) is 3.56. The first-order chi connectivity index (χ1) is 14.0. The molecule has 2 amide bonds. The average molecular weight is 402 g/mol. The van der Waals surface area contributed by atoms with Gasteiger partial charge in [-0.3, -0.25) is 9.59 Å². The third kappa shape index (κ3) is 4.93. The minimum atomic E-state index is -0.623. The van der Waals surface area contributed by atoms with E-state index in [0.29, 0.717) is 31.5 Å². The predicted octanol–water partition coefficient (Wildman–Crippen LogP) is 1.91. The van der Waals surface area contributed by atoms with Gasteiger partial charge in [0.2, 0.25) is 5.91 Å². The molecule has 2 aliphatic heterocycles. The highest BCUT2D eigenvalue weighted by molar-refractivity contribution is 5.96. The summed E-state index contributed by atoms with van der Waals surface area (Å²) in [6, 6.07) is 5.94. The summed E-state index contributed by atoms with van der Waals surface area (Å²) >= 11 is 0. The minimum Gasteiger partial charge on any atom is -0.464 e. The zero-order valence-electron chi connectivity index (χ0n) is 16.6. The van der Waals surface area contributed by atoms with Crippen LogP contribution < -0.4 is 4.90 Å². The summed E-state index contributed by atoms with van der Waals surface area (Å²) in [4.78, 5) is 51.8. The third-order valence-electron chi connectivity index (χ3n) is 5.20. The molecule has 156 valence electrons. The molecule has 1 aromatic rings. The molecular formula is C21H26N2O6. The van der Waals surface area contributed by atoms with Crippen molar-refractivity contribution in [3.63, 3.8) is 0 Å². The minimum absolute atomic E-state index is 0.0728. The molecule has 3 rings (SSSR count). The Balaban J connectivity index is 1.55. The molecule has 29 heavy (non-hydrogen) atoms. The van der Waals surface area contributed by atoms with Gasteiger partial charge in [-0.15, -0.1) is 0 Å². The SMILES string of the molecule is CCOC(=O)[C@@H]1CCCCN1C(=O)COC(=O)c1ccc(N2CCCC2=O)cc1. The molecule has 1 atom stereocenters. The van der Waals surface area contributed by atoms with Gasteiger partial charge in [0.05, 0.1) is 12.2 Å². The number of anilines is 1. The zero-order valence-corrected chi connectivity index (χ0v) is 16.6. The van der Waals surface area contributed by atoms with Gasteiger partial charge in [-0.25, -0.2) is 9.59 Å². The van der Waals surface area contributed by atoms with Crippen molar-refractivity contribution in [3.05, 3.63) is 29.8 Å². The van der Waals surface area contributed by atoms with Crippen LogP contribution in [0.4, 0.5) is 5.69 Å². The molecule has 0 radical (unpaired) electrons. The second kappa shape index (κ2) is 9.54. The van der Waals surface area contributed by atoms with E-state index in [0.717, 1.165) is 24.9 Å². The van der Waals surface area contributed by atoms with Crippen molar-refractivity contribution in [2.24, 2.45) is 0 Å². The molecule has 8 nitrogen and oxygen atoms in total. The van der Waals surface area contributed by atoms with Crippen molar-refractivity contribution < 1.29 is 28.7 Å². The molecule has 0 unspecified atom stereocenters. The van der Waals surface area contributed by atoms with E-state index in [4.69, 9.17) is 9.47 Å². The largest absolute Gasteiger partial charge is 0.464 e. The van der Waals surface area contributed by atoms with Crippen LogP contribution in [-0.4, -0.2) is 61.0 Å². The highest BCUT2D eigenvalue weighted by atomic mass is 16.5. The van der Waals surface area contributed by atoms with Gasteiger partial charge in [-0.1, -0.05) is 0 Å². The number of carbonyl (C=O) groups is 4. The number of benzene rings is 1. The van der Waals surface area contributed by atoms with Gasteiger partial charge in [0.15, 0.2) is 6.61 Å². The van der Waals surface area contributed by atoms with Crippen LogP contribution in [0.5, 0.6) is 0 Å². The number of ether oxygens (including phenoxy) is 2. The topological polar surface area (TPSA) is 93.2 Å². The number of likely N-dealkylation sites (tertiary alicyclic amines) is 1. The zero-order chi connectivity index (χ0) is 20.8. The van der Waals surface area contributed by atoms with Crippen molar-refractivity contribution in [2.45, 2.75) is 45.1 Å². The van der Waals surface area contributed by atoms with Crippen molar-refractivity contribution >= 4 is 29.4 Å². The van der Waals surface area contributed by atoms with Gasteiger partial charge in [0.1, 0.15) is 6.04 Å². The second-order valence-corrected chi connectivity index (χ2v) is 7.12. The summed E-state index contributed by atoms with van der Waals surface area (Å²) in [5.74, 6) is -1.37. The molecule has 2 fully saturated rings. The predicted molar refractivity (Wildman–Crippen MR) is 104 cm³/mol. The first-order valence-electron chi connectivity index (χ1n) is 10.0. The maximum atomic E-state index is 12.5. The van der Waals surface area contributed by atoms with Gasteiger partial charge >= 0.3 is 11.9 Å². The van der Waals surface area contributed by atoms with Crippen LogP contribution in [0.2, 0.25) is 0 Å². The molecule has 0 N–H and O–H groups in total. The standard InChI is InChI=1S/C21H26N2O6/c1-2-28-21(27)17-6-3-4-12-23(17)19(25)14-29-20(26)15-8-10-16(11-9-15)22-13-5-7-18(22)24/h8-11,17H,2-7,12-14H2,1H3/t17-/m0/s1. The van der Waals surface area contributed by atoms with E-state index in [1.807, 2.05) is 0 Å². The molecule has 2 heterocycles. The highest BCUT2D eigenvalue weighted by Crippen LogP contribution is 2.22. The van der Waals surface area contributed by atoms with Gasteiger partial charge < -0.3 is 19.3 Å². The van der Waals surface area contributed by atoms with Crippen LogP contribution in [0.25, 0.3) is 0 Å². The van der Waals surface area contributed by atoms with E-state index in [9.17, 15) is 19.2 Å². The Hall–Kier alpha value is -2.90. The molecule has 2 aliphatic rings. The second-order valence-electron chi connectivity index (χ2n) is 7.12. The highest BCUT2D eigenvalue weighted by Gasteiger charge is 2.33. The quantitative estimate of drug-likeness (QED) is 0.675. The van der Waals surface area contributed by atoms with Crippen LogP contribution in [0.1, 0.15) is 49.4 Å². The van der Waals surface area contributed by atoms with E-state index in [1.54, 1.807) is 36.1 Å². The summed E-state index contributed by atoms with van der Waals surface area (Å²) in [5, 5.41) is 0. The fourth-order valence-corrected chi connectivity index (χ4v) is 3.71. The first-order valence-corrected chi connectivity index (χ1v) is 10.0. The number of hydrogen-bond acceptors (Lipinski definition) is 6. The molecule has 0 spiro atoms. The van der Waals surface area contributed by atoms with Crippen molar-refractivity contribution in [1.29, 1.82) is 0 Å². The summed E-state index contributed by atoms with van der Waals surface area (Å²) < 4.78 is 10.2. The van der Waals surface area contributed by atoms with Gasteiger partial charge in [-0.05, 0) is 56.9 Å². The first kappa shape index (κ1) is 20.8. The smallest absolute Gasteiger partial charge is 0.338 e. The lowest BCUT2D eigenvalue weighted by Gasteiger charge is -2.33. The molecule has 0 aromatic heterocycles. The number of carbonyl (C=O) groups excluding carboxylic acids is 4. The third-order valence-corrected chi connectivity index (χ3v) is 5.20. The lowest BCUT2D eigenvalue weighted by Crippen LogP contribution is -2.50. The molecule has 0 saturated carbocycles. The fourth-order valence-electron chi connectivity index (χ4n) is 3.71. The lowest BCUT2D eigenvalue weighted by molar-refractivity contribution is -0.157. The Labute approximate surface area is 169 Å². The number of nitrogens with zero attached hydrogens (tertiary/aromatic N) is 2. The summed E-state index contributed by atoms with van der Waals surface area (Å²) in [6.45, 7) is 2.67. The number of piperidine rings is 1. The van der Waals surface area contributed by atoms with E-state index in [1.165, 1.54) is 4.90 Å². The number of amides is 2. The Morgan fingerprint density at radius 3 is 2.45 bits per heavy atom. The monoisotopic (exact) mass is 402 g/mol. The lowest BCUT2D eigenvalue weighted by atomic mass is 10.0. The Morgan fingerprint density at radius 2 is 1.79 bits per heavy atom. The maximum absolute atomic E-state index is 12.5. The Bertz CT molecular complexity index is 776. The van der Waals surface area contributed by atoms with E-state index in [-0.39, 0.29) is 12.5 Å². The van der Waals surface area contributed by atoms with E-state index < -0.39 is 30.5 Å². The van der Waals surface area contributed by atoms with E-state index >= 15 is 0 Å². The van der Waals surface area contributed by atoms with Crippen LogP contribution in [0.15, 0.2) is 24.3 Å². The Morgan fingerprint density at radius 1 is 1.03 bits per heavy atom. The van der Waals surface area contributed by atoms with Crippen molar-refractivity contribution in [2.75, 3.05) is 31.2 Å². The van der Waals surface area contributed by atoms with Crippen LogP contribution in [0.3, 0.4) is 0 Å². The maximum Gasteiger partial charge on any atom is 0.338 e.